The van der Waals surface area contributed by atoms with Gasteiger partial charge in [0, 0.05) is 17.8 Å². The van der Waals surface area contributed by atoms with Crippen LogP contribution < -0.4 is 26.7 Å². The standard InChI is InChI=1S/C26H26N6O3/c1-17(18-12-14-20(15-13-18)30-26(35)29-19-8-4-2-5-9-19)28-25(34)22-16-23(24(27)33)32(31-22)21-10-6-3-7-11-21/h2-15,17,23H,16H2,1H3,(H2,27,33)(H,28,34)(H2,29,30,35)/t17-,23+/m0/s1. The Kier molecular flexibility index (Phi) is 7.06. The number of primary amides is 1. The van der Waals surface area contributed by atoms with Crippen LogP contribution in [0.3, 0.4) is 0 Å². The van der Waals surface area contributed by atoms with Crippen molar-refractivity contribution in [2.75, 3.05) is 15.6 Å². The summed E-state index contributed by atoms with van der Waals surface area (Å²) in [5.41, 5.74) is 8.63. The predicted octanol–water partition coefficient (Wildman–Crippen LogP) is 3.63. The number of carbonyl (C=O) groups is 3. The normalized spacial score (nSPS) is 15.6. The van der Waals surface area contributed by atoms with Gasteiger partial charge < -0.3 is 21.7 Å². The summed E-state index contributed by atoms with van der Waals surface area (Å²) in [6.07, 6.45) is 0.127. The Morgan fingerprint density at radius 1 is 0.886 bits per heavy atom. The molecule has 9 nitrogen and oxygen atoms in total. The second-order valence-corrected chi connectivity index (χ2v) is 8.11. The zero-order valence-electron chi connectivity index (χ0n) is 19.1. The molecule has 0 fully saturated rings. The van der Waals surface area contributed by atoms with Crippen molar-refractivity contribution in [2.24, 2.45) is 10.8 Å². The molecule has 1 heterocycles. The van der Waals surface area contributed by atoms with Crippen LogP contribution in [0.1, 0.15) is 24.9 Å². The van der Waals surface area contributed by atoms with E-state index in [1.165, 1.54) is 5.01 Å². The Labute approximate surface area is 203 Å². The molecule has 2 atom stereocenters. The molecule has 0 aliphatic carbocycles. The van der Waals surface area contributed by atoms with Gasteiger partial charge in [0.2, 0.25) is 5.91 Å². The molecule has 5 N–H and O–H groups in total. The molecule has 0 unspecified atom stereocenters. The van der Waals surface area contributed by atoms with Crippen molar-refractivity contribution >= 4 is 40.6 Å². The SMILES string of the molecule is C[C@H](NC(=O)C1=NN(c2ccccc2)[C@@H](C(N)=O)C1)c1ccc(NC(=O)Nc2ccccc2)cc1. The van der Waals surface area contributed by atoms with Gasteiger partial charge >= 0.3 is 6.03 Å². The highest BCUT2D eigenvalue weighted by Gasteiger charge is 2.35. The molecule has 178 valence electrons. The predicted molar refractivity (Wildman–Crippen MR) is 136 cm³/mol. The van der Waals surface area contributed by atoms with Crippen molar-refractivity contribution < 1.29 is 14.4 Å². The van der Waals surface area contributed by atoms with Crippen molar-refractivity contribution in [3.8, 4) is 0 Å². The first-order valence-corrected chi connectivity index (χ1v) is 11.2. The monoisotopic (exact) mass is 470 g/mol. The topological polar surface area (TPSA) is 129 Å². The maximum absolute atomic E-state index is 12.9. The van der Waals surface area contributed by atoms with E-state index < -0.39 is 11.9 Å². The quantitative estimate of drug-likeness (QED) is 0.420. The molecule has 0 spiro atoms. The van der Waals surface area contributed by atoms with Gasteiger partial charge in [-0.25, -0.2) is 4.79 Å². The van der Waals surface area contributed by atoms with E-state index in [0.29, 0.717) is 17.1 Å². The maximum Gasteiger partial charge on any atom is 0.323 e. The van der Waals surface area contributed by atoms with E-state index in [9.17, 15) is 14.4 Å². The van der Waals surface area contributed by atoms with Gasteiger partial charge in [-0.15, -0.1) is 0 Å². The molecule has 1 aliphatic rings. The van der Waals surface area contributed by atoms with E-state index in [2.05, 4.69) is 21.1 Å². The first kappa shape index (κ1) is 23.5. The van der Waals surface area contributed by atoms with Crippen LogP contribution in [0.25, 0.3) is 0 Å². The van der Waals surface area contributed by atoms with Gasteiger partial charge in [0.25, 0.3) is 5.91 Å². The van der Waals surface area contributed by atoms with Gasteiger partial charge in [-0.1, -0.05) is 48.5 Å². The fourth-order valence-corrected chi connectivity index (χ4v) is 3.72. The molecule has 1 aliphatic heterocycles. The number of hydrogen-bond donors (Lipinski definition) is 4. The Balaban J connectivity index is 1.36. The average Bonchev–Trinajstić information content (AvgIpc) is 3.32. The van der Waals surface area contributed by atoms with Crippen LogP contribution >= 0.6 is 0 Å². The Bertz CT molecular complexity index is 1230. The number of rotatable bonds is 7. The van der Waals surface area contributed by atoms with E-state index in [-0.39, 0.29) is 30.1 Å². The second-order valence-electron chi connectivity index (χ2n) is 8.11. The highest BCUT2D eigenvalue weighted by Crippen LogP contribution is 2.25. The van der Waals surface area contributed by atoms with Crippen LogP contribution in [-0.4, -0.2) is 29.6 Å². The van der Waals surface area contributed by atoms with Crippen LogP contribution in [0.5, 0.6) is 0 Å². The largest absolute Gasteiger partial charge is 0.368 e. The maximum atomic E-state index is 12.9. The fraction of sp³-hybridized carbons (Fsp3) is 0.154. The van der Waals surface area contributed by atoms with Gasteiger partial charge in [0.15, 0.2) is 0 Å². The van der Waals surface area contributed by atoms with Crippen LogP contribution in [-0.2, 0) is 9.59 Å². The van der Waals surface area contributed by atoms with E-state index in [1.54, 1.807) is 36.4 Å². The molecule has 9 heteroatoms. The second kappa shape index (κ2) is 10.5. The van der Waals surface area contributed by atoms with Gasteiger partial charge in [-0.05, 0) is 48.9 Å². The van der Waals surface area contributed by atoms with Crippen molar-refractivity contribution in [1.82, 2.24) is 5.32 Å². The van der Waals surface area contributed by atoms with E-state index >= 15 is 0 Å². The first-order valence-electron chi connectivity index (χ1n) is 11.2. The lowest BCUT2D eigenvalue weighted by atomic mass is 10.1. The molecular weight excluding hydrogens is 444 g/mol. The number of urea groups is 1. The number of para-hydroxylation sites is 2. The number of nitrogens with zero attached hydrogens (tertiary/aromatic N) is 2. The third kappa shape index (κ3) is 5.83. The minimum Gasteiger partial charge on any atom is -0.368 e. The summed E-state index contributed by atoms with van der Waals surface area (Å²) < 4.78 is 0. The summed E-state index contributed by atoms with van der Waals surface area (Å²) in [7, 11) is 0. The Morgan fingerprint density at radius 2 is 1.46 bits per heavy atom. The van der Waals surface area contributed by atoms with E-state index in [4.69, 9.17) is 5.73 Å². The summed E-state index contributed by atoms with van der Waals surface area (Å²) in [5, 5.41) is 14.3. The Hall–Kier alpha value is -4.66. The molecular formula is C26H26N6O3. The lowest BCUT2D eigenvalue weighted by Gasteiger charge is -2.20. The van der Waals surface area contributed by atoms with E-state index in [0.717, 1.165) is 5.56 Å². The summed E-state index contributed by atoms with van der Waals surface area (Å²) in [5.74, 6) is -0.917. The molecule has 35 heavy (non-hydrogen) atoms. The smallest absolute Gasteiger partial charge is 0.323 e. The third-order valence-corrected chi connectivity index (χ3v) is 5.57. The summed E-state index contributed by atoms with van der Waals surface area (Å²) in [4.78, 5) is 37.0. The molecule has 0 bridgehead atoms. The van der Waals surface area contributed by atoms with Gasteiger partial charge in [-0.2, -0.15) is 5.10 Å². The molecule has 3 aromatic carbocycles. The number of nitrogens with two attached hydrogens (primary N) is 1. The summed E-state index contributed by atoms with van der Waals surface area (Å²) in [6, 6.07) is 24.0. The van der Waals surface area contributed by atoms with Gasteiger partial charge in [0.05, 0.1) is 11.7 Å². The lowest BCUT2D eigenvalue weighted by molar-refractivity contribution is -0.119. The summed E-state index contributed by atoms with van der Waals surface area (Å²) >= 11 is 0. The summed E-state index contributed by atoms with van der Waals surface area (Å²) in [6.45, 7) is 1.85. The van der Waals surface area contributed by atoms with Crippen molar-refractivity contribution in [3.63, 3.8) is 0 Å². The van der Waals surface area contributed by atoms with Gasteiger partial charge in [0.1, 0.15) is 11.8 Å². The van der Waals surface area contributed by atoms with E-state index in [1.807, 2.05) is 55.5 Å². The number of amides is 4. The van der Waals surface area contributed by atoms with Crippen molar-refractivity contribution in [2.45, 2.75) is 25.4 Å². The fourth-order valence-electron chi connectivity index (χ4n) is 3.72. The zero-order chi connectivity index (χ0) is 24.8. The number of benzene rings is 3. The molecule has 0 aromatic heterocycles. The van der Waals surface area contributed by atoms with Crippen molar-refractivity contribution in [1.29, 1.82) is 0 Å². The number of hydrazone groups is 1. The minimum atomic E-state index is -0.721. The highest BCUT2D eigenvalue weighted by atomic mass is 16.2. The van der Waals surface area contributed by atoms with Crippen LogP contribution in [0.15, 0.2) is 90.0 Å². The highest BCUT2D eigenvalue weighted by molar-refractivity contribution is 6.40. The average molecular weight is 471 g/mol. The number of hydrogen-bond acceptors (Lipinski definition) is 5. The molecule has 0 saturated carbocycles. The van der Waals surface area contributed by atoms with Crippen LogP contribution in [0.4, 0.5) is 21.9 Å². The first-order chi connectivity index (χ1) is 16.9. The third-order valence-electron chi connectivity index (χ3n) is 5.57. The van der Waals surface area contributed by atoms with Crippen LogP contribution in [0, 0.1) is 0 Å². The minimum absolute atomic E-state index is 0.127. The number of anilines is 3. The van der Waals surface area contributed by atoms with Gasteiger partial charge in [-0.3, -0.25) is 14.6 Å². The van der Waals surface area contributed by atoms with Crippen molar-refractivity contribution in [3.05, 3.63) is 90.5 Å². The number of nitrogens with one attached hydrogen (secondary N) is 3. The lowest BCUT2D eigenvalue weighted by Crippen LogP contribution is -2.40. The molecule has 3 aromatic rings. The Morgan fingerprint density at radius 3 is 2.06 bits per heavy atom. The molecule has 4 rings (SSSR count). The van der Waals surface area contributed by atoms with Crippen LogP contribution in [0.2, 0.25) is 0 Å². The molecule has 0 radical (unpaired) electrons. The number of carbonyl (C=O) groups excluding carboxylic acids is 3. The molecule has 0 saturated heterocycles. The zero-order valence-corrected chi connectivity index (χ0v) is 19.1. The molecule has 4 amide bonds.